The van der Waals surface area contributed by atoms with E-state index in [2.05, 4.69) is 9.71 Å². The fourth-order valence-corrected chi connectivity index (χ4v) is 3.92. The summed E-state index contributed by atoms with van der Waals surface area (Å²) in [4.78, 5) is 4.16. The molecule has 0 aliphatic heterocycles. The van der Waals surface area contributed by atoms with Crippen LogP contribution in [0, 0.1) is 12.7 Å². The van der Waals surface area contributed by atoms with Gasteiger partial charge in [0, 0.05) is 22.0 Å². The average Bonchev–Trinajstić information content (AvgIpc) is 2.84. The van der Waals surface area contributed by atoms with Gasteiger partial charge in [-0.15, -0.1) is 11.3 Å². The zero-order valence-electron chi connectivity index (χ0n) is 10.9. The van der Waals surface area contributed by atoms with E-state index in [1.807, 2.05) is 0 Å². The van der Waals surface area contributed by atoms with Crippen molar-refractivity contribution >= 4 is 33.0 Å². The van der Waals surface area contributed by atoms with Crippen molar-refractivity contribution in [3.8, 4) is 0 Å². The number of benzene rings is 1. The van der Waals surface area contributed by atoms with Gasteiger partial charge in [0.05, 0.1) is 17.8 Å². The summed E-state index contributed by atoms with van der Waals surface area (Å²) in [6, 6.07) is 2.20. The number of nitrogens with zero attached hydrogens (tertiary/aromatic N) is 1. The molecule has 5 nitrogen and oxygen atoms in total. The van der Waals surface area contributed by atoms with Crippen LogP contribution in [0.15, 0.2) is 22.5 Å². The first-order valence-electron chi connectivity index (χ1n) is 5.82. The minimum atomic E-state index is -4.08. The fraction of sp³-hybridized carbons (Fsp3) is 0.250. The summed E-state index contributed by atoms with van der Waals surface area (Å²) in [5.74, 6) is -1.00. The predicted octanol–water partition coefficient (Wildman–Crippen LogP) is 2.21. The topological polar surface area (TPSA) is 79.3 Å². The molecule has 1 aromatic carbocycles. The molecule has 0 unspecified atom stereocenters. The lowest BCUT2D eigenvalue weighted by Crippen LogP contribution is -2.24. The third-order valence-corrected chi connectivity index (χ3v) is 5.36. The number of aliphatic hydroxyl groups is 1. The normalized spacial score (nSPS) is 11.8. The Kier molecular flexibility index (Phi) is 4.95. The molecule has 1 aromatic heterocycles. The molecule has 0 spiro atoms. The third kappa shape index (κ3) is 3.58. The van der Waals surface area contributed by atoms with Gasteiger partial charge >= 0.3 is 0 Å². The number of hydrogen-bond acceptors (Lipinski definition) is 5. The van der Waals surface area contributed by atoms with Crippen molar-refractivity contribution in [1.82, 2.24) is 9.71 Å². The minimum Gasteiger partial charge on any atom is -0.392 e. The highest BCUT2D eigenvalue weighted by Gasteiger charge is 2.22. The number of thiazole rings is 1. The Labute approximate surface area is 130 Å². The summed E-state index contributed by atoms with van der Waals surface area (Å²) < 4.78 is 40.7. The van der Waals surface area contributed by atoms with Crippen LogP contribution in [0.4, 0.5) is 4.39 Å². The molecular weight excluding hydrogens is 339 g/mol. The number of rotatable bonds is 5. The molecule has 0 amide bonds. The highest BCUT2D eigenvalue weighted by atomic mass is 35.5. The molecule has 0 atom stereocenters. The number of aromatic nitrogens is 1. The Morgan fingerprint density at radius 2 is 2.19 bits per heavy atom. The van der Waals surface area contributed by atoms with E-state index in [0.29, 0.717) is 5.69 Å². The smallest absolute Gasteiger partial charge is 0.243 e. The maximum Gasteiger partial charge on any atom is 0.243 e. The maximum absolute atomic E-state index is 14.0. The van der Waals surface area contributed by atoms with Crippen LogP contribution >= 0.6 is 22.9 Å². The van der Waals surface area contributed by atoms with Crippen molar-refractivity contribution in [3.05, 3.63) is 44.6 Å². The molecule has 0 saturated carbocycles. The van der Waals surface area contributed by atoms with E-state index >= 15 is 0 Å². The Bertz CT molecular complexity index is 762. The summed E-state index contributed by atoms with van der Waals surface area (Å²) in [6.07, 6.45) is 0. The lowest BCUT2D eigenvalue weighted by Gasteiger charge is -2.10. The molecule has 2 N–H and O–H groups in total. The van der Waals surface area contributed by atoms with Gasteiger partial charge in [-0.1, -0.05) is 11.6 Å². The standard InChI is InChI=1S/C12H12ClFN2O3S2/c1-7-10(20-6-15-7)4-16-21(18,19)11-3-9(13)2-8(5-17)12(11)14/h2-3,6,16-17H,4-5H2,1H3. The van der Waals surface area contributed by atoms with E-state index in [4.69, 9.17) is 16.7 Å². The molecule has 0 bridgehead atoms. The van der Waals surface area contributed by atoms with Crippen molar-refractivity contribution in [3.63, 3.8) is 0 Å². The van der Waals surface area contributed by atoms with Gasteiger partial charge in [-0.25, -0.2) is 22.5 Å². The van der Waals surface area contributed by atoms with E-state index in [0.717, 1.165) is 10.9 Å². The van der Waals surface area contributed by atoms with Gasteiger partial charge in [0.2, 0.25) is 10.0 Å². The Hall–Kier alpha value is -1.06. The minimum absolute atomic E-state index is 0.0131. The van der Waals surface area contributed by atoms with Crippen molar-refractivity contribution in [1.29, 1.82) is 0 Å². The van der Waals surface area contributed by atoms with Crippen molar-refractivity contribution in [2.45, 2.75) is 25.0 Å². The van der Waals surface area contributed by atoms with Crippen molar-refractivity contribution in [2.75, 3.05) is 0 Å². The third-order valence-electron chi connectivity index (χ3n) is 2.81. The molecular formula is C12H12ClFN2O3S2. The molecule has 1 heterocycles. The van der Waals surface area contributed by atoms with Crippen LogP contribution in [0.2, 0.25) is 5.02 Å². The van der Waals surface area contributed by atoms with E-state index < -0.39 is 27.3 Å². The van der Waals surface area contributed by atoms with Gasteiger partial charge in [-0.2, -0.15) is 0 Å². The largest absolute Gasteiger partial charge is 0.392 e. The molecule has 9 heteroatoms. The van der Waals surface area contributed by atoms with Gasteiger partial charge < -0.3 is 5.11 Å². The Morgan fingerprint density at radius 3 is 2.76 bits per heavy atom. The first-order valence-corrected chi connectivity index (χ1v) is 8.56. The number of aliphatic hydroxyl groups excluding tert-OH is 1. The monoisotopic (exact) mass is 350 g/mol. The van der Waals surface area contributed by atoms with Crippen LogP contribution in [0.5, 0.6) is 0 Å². The number of sulfonamides is 1. The second kappa shape index (κ2) is 6.37. The summed E-state index contributed by atoms with van der Waals surface area (Å²) >= 11 is 7.06. The van der Waals surface area contributed by atoms with Gasteiger partial charge in [-0.05, 0) is 19.1 Å². The van der Waals surface area contributed by atoms with Gasteiger partial charge in [0.1, 0.15) is 10.7 Å². The lowest BCUT2D eigenvalue weighted by molar-refractivity contribution is 0.274. The summed E-state index contributed by atoms with van der Waals surface area (Å²) in [6.45, 7) is 1.13. The van der Waals surface area contributed by atoms with Gasteiger partial charge in [0.25, 0.3) is 0 Å². The van der Waals surface area contributed by atoms with Gasteiger partial charge in [-0.3, -0.25) is 0 Å². The van der Waals surface area contributed by atoms with Crippen molar-refractivity contribution < 1.29 is 17.9 Å². The molecule has 21 heavy (non-hydrogen) atoms. The van der Waals surface area contributed by atoms with Gasteiger partial charge in [0.15, 0.2) is 0 Å². The van der Waals surface area contributed by atoms with Crippen LogP contribution in [-0.2, 0) is 23.2 Å². The molecule has 0 radical (unpaired) electrons. The van der Waals surface area contributed by atoms with Crippen LogP contribution in [0.25, 0.3) is 0 Å². The number of hydrogen-bond donors (Lipinski definition) is 2. The fourth-order valence-electron chi connectivity index (χ4n) is 1.66. The number of nitrogens with one attached hydrogen (secondary N) is 1. The SMILES string of the molecule is Cc1ncsc1CNS(=O)(=O)c1cc(Cl)cc(CO)c1F. The molecule has 0 aliphatic rings. The number of halogens is 2. The Morgan fingerprint density at radius 1 is 1.48 bits per heavy atom. The number of aryl methyl sites for hydroxylation is 1. The van der Waals surface area contributed by atoms with E-state index in [1.165, 1.54) is 17.4 Å². The van der Waals surface area contributed by atoms with E-state index in [1.54, 1.807) is 12.4 Å². The van der Waals surface area contributed by atoms with Crippen LogP contribution in [-0.4, -0.2) is 18.5 Å². The zero-order valence-corrected chi connectivity index (χ0v) is 13.3. The summed E-state index contributed by atoms with van der Waals surface area (Å²) in [7, 11) is -4.08. The zero-order chi connectivity index (χ0) is 15.6. The maximum atomic E-state index is 14.0. The highest BCUT2D eigenvalue weighted by Crippen LogP contribution is 2.24. The summed E-state index contributed by atoms with van der Waals surface area (Å²) in [5, 5.41) is 9.07. The molecule has 0 fully saturated rings. The van der Waals surface area contributed by atoms with Crippen molar-refractivity contribution in [2.24, 2.45) is 0 Å². The predicted molar refractivity (Wildman–Crippen MR) is 78.2 cm³/mol. The van der Waals surface area contributed by atoms with Crippen LogP contribution in [0.3, 0.4) is 0 Å². The molecule has 0 saturated heterocycles. The average molecular weight is 351 g/mol. The lowest BCUT2D eigenvalue weighted by atomic mass is 10.2. The highest BCUT2D eigenvalue weighted by molar-refractivity contribution is 7.89. The van der Waals surface area contributed by atoms with E-state index in [9.17, 15) is 12.8 Å². The van der Waals surface area contributed by atoms with Crippen LogP contribution < -0.4 is 4.72 Å². The quantitative estimate of drug-likeness (QED) is 0.866. The van der Waals surface area contributed by atoms with Crippen LogP contribution in [0.1, 0.15) is 16.1 Å². The first kappa shape index (κ1) is 16.3. The second-order valence-electron chi connectivity index (χ2n) is 4.22. The molecule has 2 rings (SSSR count). The first-order chi connectivity index (χ1) is 9.85. The molecule has 2 aromatic rings. The molecule has 0 aliphatic carbocycles. The molecule has 114 valence electrons. The second-order valence-corrected chi connectivity index (χ2v) is 7.33. The summed E-state index contributed by atoms with van der Waals surface area (Å²) in [5.41, 5.74) is 2.14. The Balaban J connectivity index is 2.32. The van der Waals surface area contributed by atoms with E-state index in [-0.39, 0.29) is 17.1 Å².